The first-order chi connectivity index (χ1) is 6.71. The zero-order chi connectivity index (χ0) is 10.0. The number of benzene rings is 1. The largest absolute Gasteiger partial charge is 0.282 e. The Bertz CT molecular complexity index is 503. The zero-order valence-electron chi connectivity index (χ0n) is 7.24. The Balaban J connectivity index is 2.55. The third-order valence-electron chi connectivity index (χ3n) is 1.77. The molecule has 0 N–H and O–H groups in total. The van der Waals surface area contributed by atoms with Gasteiger partial charge in [0.15, 0.2) is 0 Å². The minimum absolute atomic E-state index is 0.240. The van der Waals surface area contributed by atoms with Crippen molar-refractivity contribution in [1.29, 1.82) is 0 Å². The van der Waals surface area contributed by atoms with Gasteiger partial charge in [0, 0.05) is 6.20 Å². The van der Waals surface area contributed by atoms with E-state index in [2.05, 4.69) is 5.10 Å². The van der Waals surface area contributed by atoms with Crippen LogP contribution in [0.15, 0.2) is 53.7 Å². The lowest BCUT2D eigenvalue weighted by atomic mass is 10.4. The van der Waals surface area contributed by atoms with Gasteiger partial charge in [0.1, 0.15) is 0 Å². The Morgan fingerprint density at radius 2 is 1.79 bits per heavy atom. The van der Waals surface area contributed by atoms with Gasteiger partial charge in [0.05, 0.1) is 11.1 Å². The summed E-state index contributed by atoms with van der Waals surface area (Å²) in [7, 11) is -3.49. The van der Waals surface area contributed by atoms with Crippen molar-refractivity contribution in [3.63, 3.8) is 0 Å². The fraction of sp³-hybridized carbons (Fsp3) is 0. The second-order valence-electron chi connectivity index (χ2n) is 2.70. The van der Waals surface area contributed by atoms with Gasteiger partial charge in [-0.25, -0.2) is 0 Å². The number of hydrogen-bond donors (Lipinski definition) is 0. The highest BCUT2D eigenvalue weighted by molar-refractivity contribution is 7.89. The molecule has 1 aromatic heterocycles. The third-order valence-corrected chi connectivity index (χ3v) is 3.34. The van der Waals surface area contributed by atoms with E-state index in [9.17, 15) is 8.42 Å². The van der Waals surface area contributed by atoms with Gasteiger partial charge in [-0.3, -0.25) is 0 Å². The van der Waals surface area contributed by atoms with E-state index in [-0.39, 0.29) is 4.90 Å². The topological polar surface area (TPSA) is 52.0 Å². The summed E-state index contributed by atoms with van der Waals surface area (Å²) >= 11 is 0. The molecule has 5 heteroatoms. The molecule has 1 heterocycles. The van der Waals surface area contributed by atoms with Crippen molar-refractivity contribution in [2.45, 2.75) is 4.90 Å². The fourth-order valence-corrected chi connectivity index (χ4v) is 2.22. The molecule has 0 fully saturated rings. The Morgan fingerprint density at radius 3 is 2.36 bits per heavy atom. The van der Waals surface area contributed by atoms with Crippen molar-refractivity contribution in [3.8, 4) is 0 Å². The summed E-state index contributed by atoms with van der Waals surface area (Å²) in [6.07, 6.45) is 2.84. The molecule has 0 aliphatic carbocycles. The molecule has 2 rings (SSSR count). The Morgan fingerprint density at radius 1 is 1.07 bits per heavy atom. The summed E-state index contributed by atoms with van der Waals surface area (Å²) in [5.74, 6) is 0. The van der Waals surface area contributed by atoms with Crippen LogP contribution in [0.1, 0.15) is 0 Å². The molecule has 0 saturated heterocycles. The van der Waals surface area contributed by atoms with E-state index in [4.69, 9.17) is 0 Å². The molecule has 0 atom stereocenters. The second-order valence-corrected chi connectivity index (χ2v) is 4.49. The summed E-state index contributed by atoms with van der Waals surface area (Å²) in [6.45, 7) is 0. The Labute approximate surface area is 81.9 Å². The maximum Gasteiger partial charge on any atom is 0.282 e. The molecule has 14 heavy (non-hydrogen) atoms. The molecular weight excluding hydrogens is 200 g/mol. The summed E-state index contributed by atoms with van der Waals surface area (Å²) < 4.78 is 24.5. The van der Waals surface area contributed by atoms with Crippen LogP contribution in [0, 0.1) is 0 Å². The molecular formula is C9H8N2O2S. The van der Waals surface area contributed by atoms with Crippen molar-refractivity contribution in [2.75, 3.05) is 0 Å². The minimum atomic E-state index is -3.49. The zero-order valence-corrected chi connectivity index (χ0v) is 8.05. The van der Waals surface area contributed by atoms with Gasteiger partial charge in [-0.2, -0.15) is 17.6 Å². The summed E-state index contributed by atoms with van der Waals surface area (Å²) in [5.41, 5.74) is 0. The van der Waals surface area contributed by atoms with Crippen LogP contribution in [0.25, 0.3) is 0 Å². The predicted molar refractivity (Wildman–Crippen MR) is 51.3 cm³/mol. The van der Waals surface area contributed by atoms with Gasteiger partial charge < -0.3 is 0 Å². The SMILES string of the molecule is O=S(=O)(c1ccccc1)n1cccn1. The maximum atomic E-state index is 11.8. The molecule has 0 amide bonds. The van der Waals surface area contributed by atoms with E-state index in [1.807, 2.05) is 0 Å². The smallest absolute Gasteiger partial charge is 0.199 e. The van der Waals surface area contributed by atoms with E-state index in [0.29, 0.717) is 0 Å². The van der Waals surface area contributed by atoms with Gasteiger partial charge in [0.25, 0.3) is 10.0 Å². The van der Waals surface area contributed by atoms with Crippen molar-refractivity contribution in [1.82, 2.24) is 9.19 Å². The number of nitrogens with zero attached hydrogens (tertiary/aromatic N) is 2. The highest BCUT2D eigenvalue weighted by atomic mass is 32.2. The van der Waals surface area contributed by atoms with E-state index in [0.717, 1.165) is 4.09 Å². The average molecular weight is 208 g/mol. The third kappa shape index (κ3) is 1.42. The second kappa shape index (κ2) is 3.26. The van der Waals surface area contributed by atoms with Crippen LogP contribution in [0.3, 0.4) is 0 Å². The summed E-state index contributed by atoms with van der Waals surface area (Å²) in [6, 6.07) is 9.77. The Kier molecular flexibility index (Phi) is 2.09. The molecule has 72 valence electrons. The molecule has 2 aromatic rings. The van der Waals surface area contributed by atoms with Gasteiger partial charge in [-0.05, 0) is 18.2 Å². The van der Waals surface area contributed by atoms with Crippen LogP contribution in [-0.2, 0) is 10.0 Å². The lowest BCUT2D eigenvalue weighted by Gasteiger charge is -2.02. The van der Waals surface area contributed by atoms with Gasteiger partial charge >= 0.3 is 0 Å². The van der Waals surface area contributed by atoms with Crippen LogP contribution in [-0.4, -0.2) is 17.6 Å². The van der Waals surface area contributed by atoms with Crippen LogP contribution >= 0.6 is 0 Å². The standard InChI is InChI=1S/C9H8N2O2S/c12-14(13,11-8-4-7-10-11)9-5-2-1-3-6-9/h1-8H. The number of aromatic nitrogens is 2. The van der Waals surface area contributed by atoms with Gasteiger partial charge in [-0.1, -0.05) is 18.2 Å². The van der Waals surface area contributed by atoms with Crippen molar-refractivity contribution < 1.29 is 8.42 Å². The average Bonchev–Trinajstić information content (AvgIpc) is 2.72. The maximum absolute atomic E-state index is 11.8. The molecule has 0 radical (unpaired) electrons. The first kappa shape index (κ1) is 8.96. The van der Waals surface area contributed by atoms with E-state index >= 15 is 0 Å². The van der Waals surface area contributed by atoms with Crippen molar-refractivity contribution >= 4 is 10.0 Å². The summed E-state index contributed by atoms with van der Waals surface area (Å²) in [4.78, 5) is 0.240. The quantitative estimate of drug-likeness (QED) is 0.743. The van der Waals surface area contributed by atoms with E-state index in [1.165, 1.54) is 24.5 Å². The molecule has 0 bridgehead atoms. The molecule has 0 unspecified atom stereocenters. The number of rotatable bonds is 2. The van der Waals surface area contributed by atoms with Crippen molar-refractivity contribution in [3.05, 3.63) is 48.8 Å². The highest BCUT2D eigenvalue weighted by Crippen LogP contribution is 2.10. The van der Waals surface area contributed by atoms with Crippen LogP contribution in [0.5, 0.6) is 0 Å². The lowest BCUT2D eigenvalue weighted by molar-refractivity contribution is 0.580. The van der Waals surface area contributed by atoms with Crippen LogP contribution < -0.4 is 0 Å². The lowest BCUT2D eigenvalue weighted by Crippen LogP contribution is -2.12. The molecule has 0 spiro atoms. The Hall–Kier alpha value is -1.62. The molecule has 0 aliphatic heterocycles. The molecule has 1 aromatic carbocycles. The number of hydrogen-bond acceptors (Lipinski definition) is 3. The summed E-state index contributed by atoms with van der Waals surface area (Å²) in [5, 5.41) is 3.69. The van der Waals surface area contributed by atoms with Crippen LogP contribution in [0.4, 0.5) is 0 Å². The predicted octanol–water partition coefficient (Wildman–Crippen LogP) is 1.12. The first-order valence-electron chi connectivity index (χ1n) is 4.01. The fourth-order valence-electron chi connectivity index (χ4n) is 1.10. The monoisotopic (exact) mass is 208 g/mol. The highest BCUT2D eigenvalue weighted by Gasteiger charge is 2.15. The molecule has 0 saturated carbocycles. The molecule has 0 aliphatic rings. The van der Waals surface area contributed by atoms with Crippen molar-refractivity contribution in [2.24, 2.45) is 0 Å². The van der Waals surface area contributed by atoms with Gasteiger partial charge in [-0.15, -0.1) is 0 Å². The van der Waals surface area contributed by atoms with E-state index < -0.39 is 10.0 Å². The van der Waals surface area contributed by atoms with E-state index in [1.54, 1.807) is 24.3 Å². The molecule has 4 nitrogen and oxygen atoms in total. The van der Waals surface area contributed by atoms with Crippen LogP contribution in [0.2, 0.25) is 0 Å². The first-order valence-corrected chi connectivity index (χ1v) is 5.45. The van der Waals surface area contributed by atoms with Gasteiger partial charge in [0.2, 0.25) is 0 Å². The normalized spacial score (nSPS) is 11.4. The minimum Gasteiger partial charge on any atom is -0.199 e.